The van der Waals surface area contributed by atoms with E-state index in [0.29, 0.717) is 12.6 Å². The lowest BCUT2D eigenvalue weighted by Crippen LogP contribution is -2.54. The number of nitrogens with zero attached hydrogens (tertiary/aromatic N) is 3. The third kappa shape index (κ3) is 2.61. The van der Waals surface area contributed by atoms with Gasteiger partial charge in [-0.3, -0.25) is 0 Å². The highest BCUT2D eigenvalue weighted by molar-refractivity contribution is 7.89. The quantitative estimate of drug-likeness (QED) is 0.780. The van der Waals surface area contributed by atoms with E-state index in [2.05, 4.69) is 23.7 Å². The van der Waals surface area contributed by atoms with Gasteiger partial charge in [0.25, 0.3) is 0 Å². The zero-order valence-electron chi connectivity index (χ0n) is 13.3. The smallest absolute Gasteiger partial charge is 0.248 e. The first kappa shape index (κ1) is 15.7. The van der Waals surface area contributed by atoms with Crippen LogP contribution >= 0.6 is 0 Å². The van der Waals surface area contributed by atoms with Gasteiger partial charge in [-0.2, -0.15) is 4.31 Å². The highest BCUT2D eigenvalue weighted by Crippen LogP contribution is 2.37. The van der Waals surface area contributed by atoms with E-state index in [1.54, 1.807) is 25.4 Å². The van der Waals surface area contributed by atoms with Crippen LogP contribution in [0.3, 0.4) is 0 Å². The molecule has 0 unspecified atom stereocenters. The molecule has 0 amide bonds. The highest BCUT2D eigenvalue weighted by Gasteiger charge is 2.44. The molecule has 2 aliphatic heterocycles. The van der Waals surface area contributed by atoms with Crippen LogP contribution in [0, 0.1) is 0 Å². The average Bonchev–Trinajstić information content (AvgIpc) is 2.54. The molecule has 3 rings (SSSR count). The fourth-order valence-corrected chi connectivity index (χ4v) is 4.56. The van der Waals surface area contributed by atoms with Gasteiger partial charge in [0.2, 0.25) is 15.9 Å². The van der Waals surface area contributed by atoms with Gasteiger partial charge in [0, 0.05) is 45.2 Å². The van der Waals surface area contributed by atoms with Crippen molar-refractivity contribution in [2.24, 2.45) is 0 Å². The summed E-state index contributed by atoms with van der Waals surface area (Å²) in [5.41, 5.74) is -0.479. The fourth-order valence-electron chi connectivity index (χ4n) is 3.25. The zero-order chi connectivity index (χ0) is 16.0. The molecular weight excluding hydrogens is 302 g/mol. The molecule has 0 atom stereocenters. The molecule has 2 aliphatic rings. The highest BCUT2D eigenvalue weighted by atomic mass is 32.2. The van der Waals surface area contributed by atoms with E-state index in [-0.39, 0.29) is 10.8 Å². The summed E-state index contributed by atoms with van der Waals surface area (Å²) in [6.07, 6.45) is 3.19. The standard InChI is InChI=1S/C15H23N3O3S/c1-12(2)18-9-6-15(7-10-18)11-17(3)22(19,20)13-5-4-8-16-14(13)21-15/h4-5,8,12H,6-7,9-11H2,1-3H3. The third-order valence-corrected chi connectivity index (χ3v) is 6.50. The van der Waals surface area contributed by atoms with Gasteiger partial charge in [-0.25, -0.2) is 13.4 Å². The van der Waals surface area contributed by atoms with Gasteiger partial charge in [-0.1, -0.05) is 0 Å². The molecule has 122 valence electrons. The zero-order valence-corrected chi connectivity index (χ0v) is 14.1. The summed E-state index contributed by atoms with van der Waals surface area (Å²) in [4.78, 5) is 6.73. The Morgan fingerprint density at radius 3 is 2.64 bits per heavy atom. The van der Waals surface area contributed by atoms with E-state index in [0.717, 1.165) is 25.9 Å². The molecule has 0 aliphatic carbocycles. The number of likely N-dealkylation sites (N-methyl/N-ethyl adjacent to an activating group) is 1. The summed E-state index contributed by atoms with van der Waals surface area (Å²) in [5.74, 6) is 0.241. The average molecular weight is 325 g/mol. The molecule has 3 heterocycles. The van der Waals surface area contributed by atoms with Crippen molar-refractivity contribution in [1.82, 2.24) is 14.2 Å². The van der Waals surface area contributed by atoms with Crippen LogP contribution in [-0.2, 0) is 10.0 Å². The van der Waals surface area contributed by atoms with Crippen molar-refractivity contribution in [3.63, 3.8) is 0 Å². The first-order chi connectivity index (χ1) is 10.3. The number of rotatable bonds is 1. The van der Waals surface area contributed by atoms with Gasteiger partial charge < -0.3 is 9.64 Å². The van der Waals surface area contributed by atoms with E-state index in [4.69, 9.17) is 4.74 Å². The maximum absolute atomic E-state index is 12.6. The normalized spacial score (nSPS) is 24.7. The Kier molecular flexibility index (Phi) is 3.91. The van der Waals surface area contributed by atoms with Gasteiger partial charge in [0.15, 0.2) is 0 Å². The first-order valence-corrected chi connectivity index (χ1v) is 9.12. The van der Waals surface area contributed by atoms with Crippen molar-refractivity contribution in [2.75, 3.05) is 26.7 Å². The van der Waals surface area contributed by atoms with Crippen molar-refractivity contribution >= 4 is 10.0 Å². The minimum Gasteiger partial charge on any atom is -0.469 e. The first-order valence-electron chi connectivity index (χ1n) is 7.68. The van der Waals surface area contributed by atoms with Crippen LogP contribution in [0.4, 0.5) is 0 Å². The van der Waals surface area contributed by atoms with Crippen LogP contribution in [0.25, 0.3) is 0 Å². The Hall–Kier alpha value is -1.18. The Morgan fingerprint density at radius 2 is 2.00 bits per heavy atom. The SMILES string of the molecule is CC(C)N1CCC2(CC1)CN(C)S(=O)(=O)c1cccnc1O2. The lowest BCUT2D eigenvalue weighted by Gasteiger charge is -2.42. The number of fused-ring (bicyclic) bond motifs is 1. The summed E-state index contributed by atoms with van der Waals surface area (Å²) in [5, 5.41) is 0. The monoisotopic (exact) mass is 325 g/mol. The second-order valence-electron chi connectivity index (χ2n) is 6.48. The van der Waals surface area contributed by atoms with Gasteiger partial charge in [-0.05, 0) is 26.0 Å². The number of hydrogen-bond donors (Lipinski definition) is 0. The van der Waals surface area contributed by atoms with E-state index >= 15 is 0 Å². The lowest BCUT2D eigenvalue weighted by atomic mass is 9.90. The molecule has 0 bridgehead atoms. The van der Waals surface area contributed by atoms with Crippen LogP contribution < -0.4 is 4.74 Å². The van der Waals surface area contributed by atoms with Crippen LogP contribution in [0.15, 0.2) is 23.2 Å². The summed E-state index contributed by atoms with van der Waals surface area (Å²) >= 11 is 0. The number of sulfonamides is 1. The number of piperidine rings is 1. The second-order valence-corrected chi connectivity index (χ2v) is 8.50. The molecule has 6 nitrogen and oxygen atoms in total. The summed E-state index contributed by atoms with van der Waals surface area (Å²) in [6, 6.07) is 3.69. The van der Waals surface area contributed by atoms with Crippen LogP contribution in [0.2, 0.25) is 0 Å². The predicted molar refractivity (Wildman–Crippen MR) is 83.4 cm³/mol. The van der Waals surface area contributed by atoms with Crippen molar-refractivity contribution in [2.45, 2.75) is 43.2 Å². The second kappa shape index (κ2) is 5.47. The molecule has 0 N–H and O–H groups in total. The lowest BCUT2D eigenvalue weighted by molar-refractivity contribution is -0.0169. The molecule has 1 spiro atoms. The van der Waals surface area contributed by atoms with Crippen molar-refractivity contribution in [3.05, 3.63) is 18.3 Å². The largest absolute Gasteiger partial charge is 0.469 e. The van der Waals surface area contributed by atoms with E-state index in [1.165, 1.54) is 4.31 Å². The predicted octanol–water partition coefficient (Wildman–Crippen LogP) is 1.34. The molecule has 7 heteroatoms. The number of ether oxygens (including phenoxy) is 1. The van der Waals surface area contributed by atoms with E-state index in [1.807, 2.05) is 0 Å². The molecule has 0 saturated carbocycles. The molecule has 1 aromatic heterocycles. The Bertz CT molecular complexity index is 652. The van der Waals surface area contributed by atoms with E-state index in [9.17, 15) is 8.42 Å². The van der Waals surface area contributed by atoms with Crippen LogP contribution in [0.1, 0.15) is 26.7 Å². The van der Waals surface area contributed by atoms with Gasteiger partial charge >= 0.3 is 0 Å². The number of hydrogen-bond acceptors (Lipinski definition) is 5. The topological polar surface area (TPSA) is 62.7 Å². The third-order valence-electron chi connectivity index (χ3n) is 4.69. The minimum absolute atomic E-state index is 0.167. The Morgan fingerprint density at radius 1 is 1.32 bits per heavy atom. The maximum Gasteiger partial charge on any atom is 0.248 e. The number of aromatic nitrogens is 1. The van der Waals surface area contributed by atoms with Crippen molar-refractivity contribution in [3.8, 4) is 5.88 Å². The Labute approximate surface area is 132 Å². The van der Waals surface area contributed by atoms with Crippen LogP contribution in [-0.4, -0.2) is 60.9 Å². The maximum atomic E-state index is 12.6. The van der Waals surface area contributed by atoms with Crippen LogP contribution in [0.5, 0.6) is 5.88 Å². The molecule has 0 radical (unpaired) electrons. The molecule has 0 aromatic carbocycles. The summed E-state index contributed by atoms with van der Waals surface area (Å²) in [7, 11) is -1.91. The molecular formula is C15H23N3O3S. The molecule has 22 heavy (non-hydrogen) atoms. The molecule has 1 aromatic rings. The molecule has 1 fully saturated rings. The van der Waals surface area contributed by atoms with Gasteiger partial charge in [-0.15, -0.1) is 0 Å². The van der Waals surface area contributed by atoms with Crippen molar-refractivity contribution < 1.29 is 13.2 Å². The van der Waals surface area contributed by atoms with Gasteiger partial charge in [0.05, 0.1) is 6.54 Å². The summed E-state index contributed by atoms with van der Waals surface area (Å²) in [6.45, 7) is 6.55. The molecule has 1 saturated heterocycles. The number of likely N-dealkylation sites (tertiary alicyclic amines) is 1. The van der Waals surface area contributed by atoms with Crippen molar-refractivity contribution in [1.29, 1.82) is 0 Å². The number of pyridine rings is 1. The van der Waals surface area contributed by atoms with E-state index < -0.39 is 15.6 Å². The summed E-state index contributed by atoms with van der Waals surface area (Å²) < 4.78 is 32.8. The minimum atomic E-state index is -3.53. The van der Waals surface area contributed by atoms with Gasteiger partial charge in [0.1, 0.15) is 10.5 Å². The fraction of sp³-hybridized carbons (Fsp3) is 0.667. The Balaban J connectivity index is 1.94.